The molecule has 2 fully saturated rings. The van der Waals surface area contributed by atoms with Gasteiger partial charge in [-0.15, -0.1) is 0 Å². The van der Waals surface area contributed by atoms with Gasteiger partial charge in [0, 0.05) is 6.42 Å². The lowest BCUT2D eigenvalue weighted by atomic mass is 9.94. The van der Waals surface area contributed by atoms with Gasteiger partial charge in [-0.25, -0.2) is 14.0 Å². The van der Waals surface area contributed by atoms with Crippen LogP contribution in [-0.2, 0) is 22.4 Å². The van der Waals surface area contributed by atoms with Crippen LogP contribution in [0.15, 0.2) is 35.1 Å². The second-order valence-corrected chi connectivity index (χ2v) is 7.02. The van der Waals surface area contributed by atoms with Gasteiger partial charge in [0.1, 0.15) is 11.9 Å². The van der Waals surface area contributed by atoms with Crippen molar-refractivity contribution in [1.29, 1.82) is 0 Å². The highest BCUT2D eigenvalue weighted by Crippen LogP contribution is 2.18. The number of piperidine rings is 1. The molecule has 1 atom stereocenters. The Labute approximate surface area is 152 Å². The number of benzene rings is 1. The maximum atomic E-state index is 13.1. The summed E-state index contributed by atoms with van der Waals surface area (Å²) in [7, 11) is 0. The summed E-state index contributed by atoms with van der Waals surface area (Å²) in [6, 6.07) is 9.77. The Kier molecular flexibility index (Phi) is 5.48. The smallest absolute Gasteiger partial charge is 0.350 e. The van der Waals surface area contributed by atoms with Crippen molar-refractivity contribution in [1.82, 2.24) is 19.7 Å². The Bertz CT molecular complexity index is 759. The number of rotatable bonds is 5. The lowest BCUT2D eigenvalue weighted by Gasteiger charge is -2.22. The van der Waals surface area contributed by atoms with E-state index in [0.29, 0.717) is 32.3 Å². The van der Waals surface area contributed by atoms with Gasteiger partial charge in [-0.1, -0.05) is 18.2 Å². The van der Waals surface area contributed by atoms with Crippen molar-refractivity contribution < 1.29 is 9.47 Å². The first-order chi connectivity index (χ1) is 12.8. The summed E-state index contributed by atoms with van der Waals surface area (Å²) in [6.45, 7) is 4.19. The first-order valence-electron chi connectivity index (χ1n) is 9.45. The van der Waals surface area contributed by atoms with Crippen LogP contribution in [0.4, 0.5) is 0 Å². The van der Waals surface area contributed by atoms with Gasteiger partial charge in [-0.2, -0.15) is 5.10 Å². The molecule has 0 bridgehead atoms. The molecule has 7 heteroatoms. The highest BCUT2D eigenvalue weighted by Gasteiger charge is 2.23. The molecule has 7 nitrogen and oxygen atoms in total. The van der Waals surface area contributed by atoms with Gasteiger partial charge >= 0.3 is 5.69 Å². The Morgan fingerprint density at radius 3 is 2.69 bits per heavy atom. The maximum absolute atomic E-state index is 13.1. The zero-order chi connectivity index (χ0) is 17.8. The molecule has 26 heavy (non-hydrogen) atoms. The van der Waals surface area contributed by atoms with Gasteiger partial charge in [-0.05, 0) is 44.0 Å². The van der Waals surface area contributed by atoms with Gasteiger partial charge < -0.3 is 14.8 Å². The number of nitrogens with zero attached hydrogens (tertiary/aromatic N) is 3. The van der Waals surface area contributed by atoms with Crippen LogP contribution in [0.2, 0.25) is 0 Å². The molecule has 0 unspecified atom stereocenters. The van der Waals surface area contributed by atoms with Crippen molar-refractivity contribution in [3.63, 3.8) is 0 Å². The predicted molar refractivity (Wildman–Crippen MR) is 97.7 cm³/mol. The fourth-order valence-electron chi connectivity index (χ4n) is 3.72. The molecule has 2 aliphatic rings. The van der Waals surface area contributed by atoms with Crippen LogP contribution in [0.5, 0.6) is 0 Å². The first-order valence-corrected chi connectivity index (χ1v) is 9.45. The SMILES string of the molecule is O=c1n(C[C@H]2COCCO2)nc(CC2CCNCC2)n1-c1ccccc1. The van der Waals surface area contributed by atoms with Crippen LogP contribution < -0.4 is 11.0 Å². The molecule has 1 N–H and O–H groups in total. The molecule has 0 radical (unpaired) electrons. The molecule has 140 valence electrons. The first kappa shape index (κ1) is 17.5. The van der Waals surface area contributed by atoms with E-state index in [0.717, 1.165) is 43.9 Å². The van der Waals surface area contributed by atoms with Gasteiger partial charge in [0.05, 0.1) is 32.1 Å². The summed E-state index contributed by atoms with van der Waals surface area (Å²) >= 11 is 0. The highest BCUT2D eigenvalue weighted by atomic mass is 16.6. The monoisotopic (exact) mass is 358 g/mol. The highest BCUT2D eigenvalue weighted by molar-refractivity contribution is 5.32. The summed E-state index contributed by atoms with van der Waals surface area (Å²) < 4.78 is 14.5. The topological polar surface area (TPSA) is 70.3 Å². The minimum Gasteiger partial charge on any atom is -0.376 e. The molecule has 4 rings (SSSR count). The minimum atomic E-state index is -0.118. The van der Waals surface area contributed by atoms with E-state index < -0.39 is 0 Å². The molecule has 3 heterocycles. The second kappa shape index (κ2) is 8.16. The van der Waals surface area contributed by atoms with Gasteiger partial charge in [0.15, 0.2) is 0 Å². The van der Waals surface area contributed by atoms with E-state index in [1.807, 2.05) is 30.3 Å². The van der Waals surface area contributed by atoms with Crippen LogP contribution in [-0.4, -0.2) is 53.4 Å². The summed E-state index contributed by atoms with van der Waals surface area (Å²) in [5.41, 5.74) is 0.766. The molecule has 1 aromatic carbocycles. The van der Waals surface area contributed by atoms with Crippen molar-refractivity contribution in [3.05, 3.63) is 46.6 Å². The Hall–Kier alpha value is -1.96. The lowest BCUT2D eigenvalue weighted by molar-refractivity contribution is -0.0950. The van der Waals surface area contributed by atoms with E-state index in [2.05, 4.69) is 10.4 Å². The molecule has 1 aromatic heterocycles. The zero-order valence-electron chi connectivity index (χ0n) is 15.0. The molecule has 0 amide bonds. The van der Waals surface area contributed by atoms with Crippen LogP contribution in [0.25, 0.3) is 5.69 Å². The summed E-state index contributed by atoms with van der Waals surface area (Å²) in [5, 5.41) is 8.08. The van der Waals surface area contributed by atoms with Crippen LogP contribution in [0, 0.1) is 5.92 Å². The quantitative estimate of drug-likeness (QED) is 0.863. The van der Waals surface area contributed by atoms with Crippen molar-refractivity contribution in [2.45, 2.75) is 31.9 Å². The van der Waals surface area contributed by atoms with Crippen LogP contribution >= 0.6 is 0 Å². The number of aromatic nitrogens is 3. The van der Waals surface area contributed by atoms with E-state index in [1.165, 1.54) is 0 Å². The molecular weight excluding hydrogens is 332 g/mol. The standard InChI is InChI=1S/C19H26N4O3/c24-19-22(13-17-14-25-10-11-26-17)21-18(12-15-6-8-20-9-7-15)23(19)16-4-2-1-3-5-16/h1-5,15,17,20H,6-14H2/t17-/m0/s1. The minimum absolute atomic E-state index is 0.102. The van der Waals surface area contributed by atoms with Gasteiger partial charge in [-0.3, -0.25) is 0 Å². The van der Waals surface area contributed by atoms with E-state index in [9.17, 15) is 4.79 Å². The third-order valence-electron chi connectivity index (χ3n) is 5.11. The number of hydrogen-bond acceptors (Lipinski definition) is 5. The fourth-order valence-corrected chi connectivity index (χ4v) is 3.72. The van der Waals surface area contributed by atoms with E-state index in [1.54, 1.807) is 9.25 Å². The molecular formula is C19H26N4O3. The van der Waals surface area contributed by atoms with Gasteiger partial charge in [0.25, 0.3) is 0 Å². The Morgan fingerprint density at radius 1 is 1.15 bits per heavy atom. The zero-order valence-corrected chi connectivity index (χ0v) is 15.0. The fraction of sp³-hybridized carbons (Fsp3) is 0.579. The predicted octanol–water partition coefficient (Wildman–Crippen LogP) is 0.992. The largest absolute Gasteiger partial charge is 0.376 e. The van der Waals surface area contributed by atoms with Crippen LogP contribution in [0.3, 0.4) is 0 Å². The second-order valence-electron chi connectivity index (χ2n) is 7.02. The number of nitrogens with one attached hydrogen (secondary N) is 1. The Balaban J connectivity index is 1.63. The van der Waals surface area contributed by atoms with E-state index in [-0.39, 0.29) is 11.8 Å². The van der Waals surface area contributed by atoms with Crippen LogP contribution in [0.1, 0.15) is 18.7 Å². The molecule has 2 aliphatic heterocycles. The Morgan fingerprint density at radius 2 is 1.96 bits per heavy atom. The van der Waals surface area contributed by atoms with Crippen molar-refractivity contribution in [2.75, 3.05) is 32.9 Å². The van der Waals surface area contributed by atoms with Gasteiger partial charge in [0.2, 0.25) is 0 Å². The molecule has 0 spiro atoms. The molecule has 0 saturated carbocycles. The normalized spacial score (nSPS) is 21.8. The van der Waals surface area contributed by atoms with Crippen molar-refractivity contribution in [2.24, 2.45) is 5.92 Å². The average molecular weight is 358 g/mol. The van der Waals surface area contributed by atoms with E-state index in [4.69, 9.17) is 9.47 Å². The third kappa shape index (κ3) is 3.90. The molecule has 0 aliphatic carbocycles. The van der Waals surface area contributed by atoms with E-state index >= 15 is 0 Å². The van der Waals surface area contributed by atoms with Crippen molar-refractivity contribution >= 4 is 0 Å². The molecule has 2 aromatic rings. The summed E-state index contributed by atoms with van der Waals surface area (Å²) in [6.07, 6.45) is 2.94. The molecule has 2 saturated heterocycles. The van der Waals surface area contributed by atoms with Crippen molar-refractivity contribution in [3.8, 4) is 5.69 Å². The summed E-state index contributed by atoms with van der Waals surface area (Å²) in [4.78, 5) is 13.1. The lowest BCUT2D eigenvalue weighted by Crippen LogP contribution is -2.36. The maximum Gasteiger partial charge on any atom is 0.350 e. The third-order valence-corrected chi connectivity index (χ3v) is 5.11. The average Bonchev–Trinajstić information content (AvgIpc) is 2.99. The summed E-state index contributed by atoms with van der Waals surface area (Å²) in [5.74, 6) is 1.40. The number of para-hydroxylation sites is 1. The number of hydrogen-bond donors (Lipinski definition) is 1. The number of ether oxygens (including phenoxy) is 2.